The van der Waals surface area contributed by atoms with E-state index < -0.39 is 24.5 Å². The van der Waals surface area contributed by atoms with E-state index in [2.05, 4.69) is 5.16 Å². The zero-order valence-electron chi connectivity index (χ0n) is 8.70. The van der Waals surface area contributed by atoms with E-state index in [1.54, 1.807) is 0 Å². The average molecular weight is 240 g/mol. The van der Waals surface area contributed by atoms with Gasteiger partial charge in [0.2, 0.25) is 0 Å². The standard InChI is InChI=1S/C9H15F3N2O2/c10-9(11,12)7(8(13)14-15)5-16-6-3-1-2-4-6/h6-7,15H,1-5H2,(H2,13,14). The average Bonchev–Trinajstić information content (AvgIpc) is 2.68. The lowest BCUT2D eigenvalue weighted by Crippen LogP contribution is -2.40. The van der Waals surface area contributed by atoms with Crippen LogP contribution in [0.5, 0.6) is 0 Å². The molecule has 1 unspecified atom stereocenters. The third-order valence-electron chi connectivity index (χ3n) is 2.67. The number of hydrogen-bond donors (Lipinski definition) is 2. The van der Waals surface area contributed by atoms with Gasteiger partial charge in [-0.2, -0.15) is 13.2 Å². The van der Waals surface area contributed by atoms with E-state index in [4.69, 9.17) is 15.7 Å². The fourth-order valence-corrected chi connectivity index (χ4v) is 1.70. The zero-order chi connectivity index (χ0) is 12.2. The van der Waals surface area contributed by atoms with Crippen LogP contribution in [0.1, 0.15) is 25.7 Å². The molecule has 7 heteroatoms. The van der Waals surface area contributed by atoms with Crippen molar-refractivity contribution < 1.29 is 23.1 Å². The molecular formula is C9H15F3N2O2. The van der Waals surface area contributed by atoms with Crippen LogP contribution in [-0.2, 0) is 4.74 Å². The van der Waals surface area contributed by atoms with Gasteiger partial charge >= 0.3 is 6.18 Å². The van der Waals surface area contributed by atoms with Gasteiger partial charge in [-0.3, -0.25) is 0 Å². The van der Waals surface area contributed by atoms with Crippen molar-refractivity contribution in [1.29, 1.82) is 0 Å². The number of oxime groups is 1. The smallest absolute Gasteiger partial charge is 0.401 e. The van der Waals surface area contributed by atoms with Crippen LogP contribution in [0, 0.1) is 5.92 Å². The third-order valence-corrected chi connectivity index (χ3v) is 2.67. The van der Waals surface area contributed by atoms with Crippen LogP contribution in [0.15, 0.2) is 5.16 Å². The van der Waals surface area contributed by atoms with Crippen LogP contribution >= 0.6 is 0 Å². The SMILES string of the molecule is NC(=NO)C(COC1CCCC1)C(F)(F)F. The van der Waals surface area contributed by atoms with Crippen molar-refractivity contribution in [2.45, 2.75) is 38.0 Å². The van der Waals surface area contributed by atoms with E-state index in [1.165, 1.54) is 0 Å². The monoisotopic (exact) mass is 240 g/mol. The number of nitrogens with zero attached hydrogens (tertiary/aromatic N) is 1. The summed E-state index contributed by atoms with van der Waals surface area (Å²) in [4.78, 5) is 0. The maximum Gasteiger partial charge on any atom is 0.401 e. The molecule has 1 fully saturated rings. The predicted molar refractivity (Wildman–Crippen MR) is 51.2 cm³/mol. The number of amidine groups is 1. The van der Waals surface area contributed by atoms with Crippen molar-refractivity contribution in [2.24, 2.45) is 16.8 Å². The summed E-state index contributed by atoms with van der Waals surface area (Å²) in [6.45, 7) is -0.579. The number of alkyl halides is 3. The molecule has 0 heterocycles. The molecule has 0 aromatic rings. The van der Waals surface area contributed by atoms with Crippen LogP contribution in [0.25, 0.3) is 0 Å². The molecule has 1 aliphatic rings. The molecule has 1 saturated carbocycles. The maximum absolute atomic E-state index is 12.5. The molecule has 1 aliphatic carbocycles. The van der Waals surface area contributed by atoms with Crippen molar-refractivity contribution in [3.8, 4) is 0 Å². The summed E-state index contributed by atoms with van der Waals surface area (Å²) in [5.74, 6) is -2.89. The van der Waals surface area contributed by atoms with E-state index in [-0.39, 0.29) is 6.10 Å². The van der Waals surface area contributed by atoms with Crippen molar-refractivity contribution in [3.05, 3.63) is 0 Å². The summed E-state index contributed by atoms with van der Waals surface area (Å²) in [6.07, 6.45) is -1.16. The van der Waals surface area contributed by atoms with Gasteiger partial charge in [-0.25, -0.2) is 0 Å². The number of ether oxygens (including phenoxy) is 1. The fourth-order valence-electron chi connectivity index (χ4n) is 1.70. The molecule has 1 rings (SSSR count). The normalized spacial score (nSPS) is 21.3. The van der Waals surface area contributed by atoms with E-state index in [1.807, 2.05) is 0 Å². The molecule has 1 atom stereocenters. The van der Waals surface area contributed by atoms with Gasteiger partial charge in [0, 0.05) is 0 Å². The number of halogens is 3. The highest BCUT2D eigenvalue weighted by Gasteiger charge is 2.43. The van der Waals surface area contributed by atoms with Crippen LogP contribution in [0.4, 0.5) is 13.2 Å². The van der Waals surface area contributed by atoms with Gasteiger partial charge in [0.05, 0.1) is 12.7 Å². The summed E-state index contributed by atoms with van der Waals surface area (Å²) in [5, 5.41) is 10.7. The molecule has 0 bridgehead atoms. The van der Waals surface area contributed by atoms with Gasteiger partial charge in [0.1, 0.15) is 5.92 Å². The fraction of sp³-hybridized carbons (Fsp3) is 0.889. The summed E-state index contributed by atoms with van der Waals surface area (Å²) in [6, 6.07) is 0. The minimum Gasteiger partial charge on any atom is -0.409 e. The summed E-state index contributed by atoms with van der Waals surface area (Å²) in [5.41, 5.74) is 4.99. The lowest BCUT2D eigenvalue weighted by atomic mass is 10.1. The minimum absolute atomic E-state index is 0.128. The number of hydrogen-bond acceptors (Lipinski definition) is 3. The van der Waals surface area contributed by atoms with Crippen LogP contribution in [-0.4, -0.2) is 29.9 Å². The summed E-state index contributed by atoms with van der Waals surface area (Å²) in [7, 11) is 0. The second kappa shape index (κ2) is 5.38. The van der Waals surface area contributed by atoms with E-state index >= 15 is 0 Å². The first kappa shape index (κ1) is 13.1. The Morgan fingerprint density at radius 2 is 2.00 bits per heavy atom. The second-order valence-electron chi connectivity index (χ2n) is 3.86. The molecule has 4 nitrogen and oxygen atoms in total. The first-order chi connectivity index (χ1) is 7.45. The van der Waals surface area contributed by atoms with Crippen molar-refractivity contribution in [3.63, 3.8) is 0 Å². The molecule has 0 saturated heterocycles. The lowest BCUT2D eigenvalue weighted by molar-refractivity contribution is -0.172. The molecule has 0 spiro atoms. The minimum atomic E-state index is -4.55. The van der Waals surface area contributed by atoms with Gasteiger partial charge in [0.15, 0.2) is 5.84 Å². The van der Waals surface area contributed by atoms with Crippen LogP contribution in [0.2, 0.25) is 0 Å². The Kier molecular flexibility index (Phi) is 4.40. The first-order valence-electron chi connectivity index (χ1n) is 5.11. The largest absolute Gasteiger partial charge is 0.409 e. The van der Waals surface area contributed by atoms with Crippen LogP contribution < -0.4 is 5.73 Å². The van der Waals surface area contributed by atoms with E-state index in [9.17, 15) is 13.2 Å². The topological polar surface area (TPSA) is 67.8 Å². The molecule has 94 valence electrons. The Morgan fingerprint density at radius 1 is 1.44 bits per heavy atom. The van der Waals surface area contributed by atoms with Crippen molar-refractivity contribution in [2.75, 3.05) is 6.61 Å². The Balaban J connectivity index is 2.50. The highest BCUT2D eigenvalue weighted by molar-refractivity contribution is 5.83. The predicted octanol–water partition coefficient (Wildman–Crippen LogP) is 1.87. The number of rotatable bonds is 4. The third kappa shape index (κ3) is 3.55. The highest BCUT2D eigenvalue weighted by atomic mass is 19.4. The van der Waals surface area contributed by atoms with Gasteiger partial charge in [0.25, 0.3) is 0 Å². The molecule has 16 heavy (non-hydrogen) atoms. The lowest BCUT2D eigenvalue weighted by Gasteiger charge is -2.20. The van der Waals surface area contributed by atoms with E-state index in [0.717, 1.165) is 25.7 Å². The molecule has 0 aromatic carbocycles. The molecular weight excluding hydrogens is 225 g/mol. The molecule has 0 radical (unpaired) electrons. The Hall–Kier alpha value is -0.980. The van der Waals surface area contributed by atoms with Crippen molar-refractivity contribution in [1.82, 2.24) is 0 Å². The summed E-state index contributed by atoms with van der Waals surface area (Å²) < 4.78 is 42.6. The first-order valence-corrected chi connectivity index (χ1v) is 5.11. The van der Waals surface area contributed by atoms with Gasteiger partial charge in [-0.15, -0.1) is 0 Å². The van der Waals surface area contributed by atoms with E-state index in [0.29, 0.717) is 0 Å². The Morgan fingerprint density at radius 3 is 2.44 bits per heavy atom. The van der Waals surface area contributed by atoms with Crippen molar-refractivity contribution >= 4 is 5.84 Å². The Bertz CT molecular complexity index is 250. The highest BCUT2D eigenvalue weighted by Crippen LogP contribution is 2.29. The molecule has 0 amide bonds. The molecule has 3 N–H and O–H groups in total. The number of nitrogens with two attached hydrogens (primary N) is 1. The Labute approximate surface area is 91.2 Å². The van der Waals surface area contributed by atoms with Crippen LogP contribution in [0.3, 0.4) is 0 Å². The summed E-state index contributed by atoms with van der Waals surface area (Å²) >= 11 is 0. The van der Waals surface area contributed by atoms with Gasteiger partial charge in [-0.1, -0.05) is 18.0 Å². The quantitative estimate of drug-likeness (QED) is 0.341. The maximum atomic E-state index is 12.5. The molecule has 0 aromatic heterocycles. The second-order valence-corrected chi connectivity index (χ2v) is 3.86. The molecule has 0 aliphatic heterocycles. The van der Waals surface area contributed by atoms with Gasteiger partial charge in [-0.05, 0) is 12.8 Å². The zero-order valence-corrected chi connectivity index (χ0v) is 8.70. The van der Waals surface area contributed by atoms with Gasteiger partial charge < -0.3 is 15.7 Å².